The van der Waals surface area contributed by atoms with Crippen molar-refractivity contribution in [3.05, 3.63) is 35.9 Å². The normalized spacial score (nSPS) is 18.2. The Balaban J connectivity index is 0.00000162. The Morgan fingerprint density at radius 3 is 2.21 bits per heavy atom. The summed E-state index contributed by atoms with van der Waals surface area (Å²) < 4.78 is 0. The zero-order chi connectivity index (χ0) is 12.1. The maximum absolute atomic E-state index is 10.1. The molecule has 1 unspecified atom stereocenters. The van der Waals surface area contributed by atoms with Crippen LogP contribution in [0, 0.1) is 0 Å². The highest BCUT2D eigenvalue weighted by molar-refractivity contribution is 5.85. The number of nitrogens with zero attached hydrogens (tertiary/aromatic N) is 2. The molecule has 1 aromatic carbocycles. The lowest BCUT2D eigenvalue weighted by molar-refractivity contribution is 0.113. The fraction of sp³-hybridized carbons (Fsp3) is 0.571. The second-order valence-electron chi connectivity index (χ2n) is 4.86. The molecule has 1 aliphatic rings. The molecule has 5 heteroatoms. The quantitative estimate of drug-likeness (QED) is 0.924. The van der Waals surface area contributed by atoms with Crippen LogP contribution in [0.15, 0.2) is 30.3 Å². The number of benzene rings is 1. The highest BCUT2D eigenvalue weighted by Crippen LogP contribution is 2.16. The molecule has 0 amide bonds. The highest BCUT2D eigenvalue weighted by Gasteiger charge is 2.15. The molecule has 2 rings (SSSR count). The van der Waals surface area contributed by atoms with Crippen LogP contribution in [0.4, 0.5) is 0 Å². The Bertz CT molecular complexity index is 329. The number of piperazine rings is 1. The summed E-state index contributed by atoms with van der Waals surface area (Å²) in [5.74, 6) is 0. The van der Waals surface area contributed by atoms with E-state index in [9.17, 15) is 5.11 Å². The van der Waals surface area contributed by atoms with Crippen molar-refractivity contribution in [3.8, 4) is 0 Å². The molecule has 0 saturated carbocycles. The lowest BCUT2D eigenvalue weighted by Gasteiger charge is -2.32. The van der Waals surface area contributed by atoms with Gasteiger partial charge in [0.1, 0.15) is 0 Å². The minimum Gasteiger partial charge on any atom is -0.388 e. The van der Waals surface area contributed by atoms with Crippen molar-refractivity contribution < 1.29 is 5.11 Å². The second kappa shape index (κ2) is 9.56. The summed E-state index contributed by atoms with van der Waals surface area (Å²) in [5.41, 5.74) is 1.03. The maximum Gasteiger partial charge on any atom is 0.0802 e. The third-order valence-corrected chi connectivity index (χ3v) is 3.50. The Labute approximate surface area is 128 Å². The van der Waals surface area contributed by atoms with Gasteiger partial charge >= 0.3 is 0 Å². The molecule has 19 heavy (non-hydrogen) atoms. The molecule has 0 aliphatic carbocycles. The van der Waals surface area contributed by atoms with Crippen molar-refractivity contribution >= 4 is 24.8 Å². The van der Waals surface area contributed by atoms with E-state index in [-0.39, 0.29) is 30.9 Å². The fourth-order valence-electron chi connectivity index (χ4n) is 2.22. The van der Waals surface area contributed by atoms with Crippen molar-refractivity contribution in [2.24, 2.45) is 0 Å². The van der Waals surface area contributed by atoms with Gasteiger partial charge < -0.3 is 14.9 Å². The molecule has 0 bridgehead atoms. The predicted molar refractivity (Wildman–Crippen MR) is 84.5 cm³/mol. The summed E-state index contributed by atoms with van der Waals surface area (Å²) in [6.45, 7) is 5.52. The lowest BCUT2D eigenvalue weighted by atomic mass is 10.1. The van der Waals surface area contributed by atoms with E-state index in [4.69, 9.17) is 0 Å². The molecule has 0 aromatic heterocycles. The largest absolute Gasteiger partial charge is 0.388 e. The molecule has 3 nitrogen and oxygen atoms in total. The molecule has 1 N–H and O–H groups in total. The maximum atomic E-state index is 10.1. The van der Waals surface area contributed by atoms with Crippen molar-refractivity contribution in [2.75, 3.05) is 39.8 Å². The number of aliphatic hydroxyl groups excluding tert-OH is 1. The fourth-order valence-corrected chi connectivity index (χ4v) is 2.22. The number of rotatable bonds is 4. The lowest BCUT2D eigenvalue weighted by Crippen LogP contribution is -2.44. The van der Waals surface area contributed by atoms with Crippen LogP contribution >= 0.6 is 24.8 Å². The first kappa shape index (κ1) is 18.7. The van der Waals surface area contributed by atoms with Gasteiger partial charge in [0.05, 0.1) is 6.10 Å². The van der Waals surface area contributed by atoms with E-state index >= 15 is 0 Å². The molecule has 1 aliphatic heterocycles. The van der Waals surface area contributed by atoms with Crippen LogP contribution in [0.5, 0.6) is 0 Å². The van der Waals surface area contributed by atoms with Crippen molar-refractivity contribution in [3.63, 3.8) is 0 Å². The van der Waals surface area contributed by atoms with E-state index in [1.165, 1.54) is 0 Å². The summed E-state index contributed by atoms with van der Waals surface area (Å²) in [5, 5.41) is 10.1. The summed E-state index contributed by atoms with van der Waals surface area (Å²) in [7, 11) is 2.16. The van der Waals surface area contributed by atoms with E-state index < -0.39 is 0 Å². The Morgan fingerprint density at radius 2 is 1.63 bits per heavy atom. The molecule has 1 fully saturated rings. The molecular weight excluding hydrogens is 283 g/mol. The van der Waals surface area contributed by atoms with E-state index in [0.29, 0.717) is 0 Å². The van der Waals surface area contributed by atoms with Gasteiger partial charge in [-0.25, -0.2) is 0 Å². The molecular formula is C14H24Cl2N2O. The van der Waals surface area contributed by atoms with Crippen LogP contribution in [0.1, 0.15) is 18.1 Å². The van der Waals surface area contributed by atoms with Gasteiger partial charge in [-0.15, -0.1) is 24.8 Å². The first-order valence-corrected chi connectivity index (χ1v) is 6.39. The summed E-state index contributed by atoms with van der Waals surface area (Å²) in [6.07, 6.45) is 0.504. The minimum atomic E-state index is -0.323. The number of halogens is 2. The van der Waals surface area contributed by atoms with Gasteiger partial charge in [0.25, 0.3) is 0 Å². The number of hydrogen-bond acceptors (Lipinski definition) is 3. The van der Waals surface area contributed by atoms with Gasteiger partial charge in [-0.2, -0.15) is 0 Å². The average molecular weight is 307 g/mol. The third kappa shape index (κ3) is 6.11. The monoisotopic (exact) mass is 306 g/mol. The summed E-state index contributed by atoms with van der Waals surface area (Å²) in [6, 6.07) is 9.93. The highest BCUT2D eigenvalue weighted by atomic mass is 35.5. The van der Waals surface area contributed by atoms with Gasteiger partial charge in [-0.3, -0.25) is 0 Å². The molecule has 1 atom stereocenters. The third-order valence-electron chi connectivity index (χ3n) is 3.50. The first-order valence-electron chi connectivity index (χ1n) is 6.39. The molecule has 1 saturated heterocycles. The number of aliphatic hydroxyl groups is 1. The van der Waals surface area contributed by atoms with Gasteiger partial charge in [-0.1, -0.05) is 30.3 Å². The molecule has 0 spiro atoms. The van der Waals surface area contributed by atoms with Crippen LogP contribution in [-0.2, 0) is 0 Å². The van der Waals surface area contributed by atoms with Crippen molar-refractivity contribution in [2.45, 2.75) is 12.5 Å². The van der Waals surface area contributed by atoms with Crippen LogP contribution in [0.25, 0.3) is 0 Å². The Kier molecular flexibility index (Phi) is 9.40. The Morgan fingerprint density at radius 1 is 1.05 bits per heavy atom. The average Bonchev–Trinajstić information content (AvgIpc) is 2.39. The predicted octanol–water partition coefficient (Wildman–Crippen LogP) is 2.20. The second-order valence-corrected chi connectivity index (χ2v) is 4.86. The van der Waals surface area contributed by atoms with Crippen LogP contribution in [0.3, 0.4) is 0 Å². The van der Waals surface area contributed by atoms with Gasteiger partial charge in [-0.05, 0) is 19.0 Å². The molecule has 110 valence electrons. The number of hydrogen-bond donors (Lipinski definition) is 1. The van der Waals surface area contributed by atoms with Crippen molar-refractivity contribution in [1.82, 2.24) is 9.80 Å². The van der Waals surface area contributed by atoms with E-state index in [1.54, 1.807) is 0 Å². The van der Waals surface area contributed by atoms with Crippen molar-refractivity contribution in [1.29, 1.82) is 0 Å². The smallest absolute Gasteiger partial charge is 0.0802 e. The molecule has 1 heterocycles. The number of likely N-dealkylation sites (N-methyl/N-ethyl adjacent to an activating group) is 1. The zero-order valence-electron chi connectivity index (χ0n) is 11.4. The molecule has 0 radical (unpaired) electrons. The SMILES string of the molecule is CN1CCN(CCC(O)c2ccccc2)CC1.Cl.Cl. The van der Waals surface area contributed by atoms with E-state index in [1.807, 2.05) is 30.3 Å². The van der Waals surface area contributed by atoms with Crippen LogP contribution in [0.2, 0.25) is 0 Å². The van der Waals surface area contributed by atoms with Gasteiger partial charge in [0, 0.05) is 32.7 Å². The van der Waals surface area contributed by atoms with Crippen LogP contribution < -0.4 is 0 Å². The molecule has 1 aromatic rings. The standard InChI is InChI=1S/C14H22N2O.2ClH/c1-15-9-11-16(12-10-15)8-7-14(17)13-5-3-2-4-6-13;;/h2-6,14,17H,7-12H2,1H3;2*1H. The van der Waals surface area contributed by atoms with E-state index in [0.717, 1.165) is 44.7 Å². The van der Waals surface area contributed by atoms with Gasteiger partial charge in [0.2, 0.25) is 0 Å². The van der Waals surface area contributed by atoms with E-state index in [2.05, 4.69) is 16.8 Å². The van der Waals surface area contributed by atoms with Crippen LogP contribution in [-0.4, -0.2) is 54.7 Å². The first-order chi connectivity index (χ1) is 8.25. The van der Waals surface area contributed by atoms with Gasteiger partial charge in [0.15, 0.2) is 0 Å². The summed E-state index contributed by atoms with van der Waals surface area (Å²) >= 11 is 0. The summed E-state index contributed by atoms with van der Waals surface area (Å²) in [4.78, 5) is 4.79. The Hall–Kier alpha value is -0.320. The zero-order valence-corrected chi connectivity index (χ0v) is 13.0. The topological polar surface area (TPSA) is 26.7 Å². The minimum absolute atomic E-state index is 0.